The van der Waals surface area contributed by atoms with Crippen LogP contribution in [0.4, 0.5) is 0 Å². The minimum absolute atomic E-state index is 0. The van der Waals surface area contributed by atoms with Crippen LogP contribution in [0.1, 0.15) is 14.3 Å². The Morgan fingerprint density at radius 1 is 1.25 bits per heavy atom. The summed E-state index contributed by atoms with van der Waals surface area (Å²) in [7, 11) is 3.17. The van der Waals surface area contributed by atoms with Crippen molar-refractivity contribution in [3.63, 3.8) is 0 Å². The van der Waals surface area contributed by atoms with Gasteiger partial charge in [-0.3, -0.25) is 0 Å². The van der Waals surface area contributed by atoms with E-state index in [1.165, 1.54) is 25.9 Å². The van der Waals surface area contributed by atoms with E-state index in [-0.39, 0.29) is 1.43 Å². The van der Waals surface area contributed by atoms with Gasteiger partial charge in [-0.15, -0.1) is 0 Å². The monoisotopic (exact) mass is 119 g/mol. The first kappa shape index (κ1) is 7.92. The van der Waals surface area contributed by atoms with Gasteiger partial charge in [0.15, 0.2) is 0 Å². The second kappa shape index (κ2) is 5.06. The van der Waals surface area contributed by atoms with Crippen molar-refractivity contribution in [2.75, 3.05) is 27.2 Å². The number of hydrogen-bond acceptors (Lipinski definition) is 2. The van der Waals surface area contributed by atoms with Crippen molar-refractivity contribution < 1.29 is 6.53 Å². The highest BCUT2D eigenvalue weighted by atomic mass is 16.2. The van der Waals surface area contributed by atoms with E-state index < -0.39 is 0 Å². The maximum Gasteiger partial charge on any atom is 0.0319 e. The molecule has 0 aromatic carbocycles. The molecule has 1 aliphatic heterocycles. The fourth-order valence-electron chi connectivity index (χ4n) is 0.875. The van der Waals surface area contributed by atoms with Crippen LogP contribution in [0.3, 0.4) is 0 Å². The number of nitrogens with zero attached hydrogens (tertiary/aromatic N) is 1. The molecule has 1 rings (SSSR count). The molecule has 52 valence electrons. The van der Waals surface area contributed by atoms with Crippen LogP contribution in [-0.2, 0) is 0 Å². The van der Waals surface area contributed by atoms with Crippen LogP contribution in [0.2, 0.25) is 0 Å². The molecular formula is C6H17NO. The number of hydrogen-bond donors (Lipinski definition) is 1. The van der Waals surface area contributed by atoms with Crippen LogP contribution in [0.15, 0.2) is 0 Å². The van der Waals surface area contributed by atoms with Crippen LogP contribution >= 0.6 is 0 Å². The fourth-order valence-corrected chi connectivity index (χ4v) is 0.875. The maximum absolute atomic E-state index is 7.00. The third kappa shape index (κ3) is 2.99. The molecule has 1 heterocycles. The average molecular weight is 119 g/mol. The van der Waals surface area contributed by atoms with Crippen LogP contribution in [0.25, 0.3) is 0 Å². The van der Waals surface area contributed by atoms with Crippen molar-refractivity contribution in [1.29, 1.82) is 0 Å². The van der Waals surface area contributed by atoms with Gasteiger partial charge in [0.1, 0.15) is 0 Å². The summed E-state index contributed by atoms with van der Waals surface area (Å²) in [6.45, 7) is 2.64. The van der Waals surface area contributed by atoms with Gasteiger partial charge < -0.3 is 10.0 Å². The normalized spacial score (nSPS) is 19.9. The number of aliphatic hydroxyl groups is 1. The molecule has 8 heavy (non-hydrogen) atoms. The second-order valence-corrected chi connectivity index (χ2v) is 2.01. The molecule has 0 aliphatic carbocycles. The molecule has 0 atom stereocenters. The quantitative estimate of drug-likeness (QED) is 0.504. The van der Waals surface area contributed by atoms with Crippen LogP contribution in [0.5, 0.6) is 0 Å². The van der Waals surface area contributed by atoms with E-state index in [2.05, 4.69) is 11.9 Å². The van der Waals surface area contributed by atoms with E-state index in [0.29, 0.717) is 0 Å². The molecule has 0 bridgehead atoms. The van der Waals surface area contributed by atoms with Crippen LogP contribution < -0.4 is 0 Å². The Hall–Kier alpha value is -0.0800. The Morgan fingerprint density at radius 3 is 1.75 bits per heavy atom. The zero-order valence-corrected chi connectivity index (χ0v) is 5.72. The maximum atomic E-state index is 7.00. The lowest BCUT2D eigenvalue weighted by atomic mass is 10.4. The van der Waals surface area contributed by atoms with Crippen molar-refractivity contribution in [3.05, 3.63) is 0 Å². The number of rotatable bonds is 0. The number of aliphatic hydroxyl groups excluding tert-OH is 1. The van der Waals surface area contributed by atoms with Gasteiger partial charge in [-0.05, 0) is 33.0 Å². The molecule has 0 spiro atoms. The van der Waals surface area contributed by atoms with Crippen molar-refractivity contribution in [2.24, 2.45) is 0 Å². The summed E-state index contributed by atoms with van der Waals surface area (Å²) < 4.78 is 0. The van der Waals surface area contributed by atoms with Crippen LogP contribution in [0, 0.1) is 0 Å². The minimum Gasteiger partial charge on any atom is -0.400 e. The van der Waals surface area contributed by atoms with Crippen LogP contribution in [-0.4, -0.2) is 37.3 Å². The van der Waals surface area contributed by atoms with E-state index >= 15 is 0 Å². The molecule has 1 aliphatic rings. The predicted molar refractivity (Wildman–Crippen MR) is 37.0 cm³/mol. The highest BCUT2D eigenvalue weighted by Gasteiger charge is 2.03. The van der Waals surface area contributed by atoms with Gasteiger partial charge in [-0.2, -0.15) is 0 Å². The first-order valence-electron chi connectivity index (χ1n) is 3.03. The molecule has 0 amide bonds. The minimum atomic E-state index is 0. The Bertz CT molecular complexity index is 46.3. The molecule has 2 heteroatoms. The largest absolute Gasteiger partial charge is 0.400 e. The molecule has 0 saturated carbocycles. The molecule has 1 fully saturated rings. The van der Waals surface area contributed by atoms with Gasteiger partial charge in [0, 0.05) is 8.54 Å². The van der Waals surface area contributed by atoms with Gasteiger partial charge in [0.25, 0.3) is 0 Å². The third-order valence-corrected chi connectivity index (χ3v) is 1.33. The van der Waals surface area contributed by atoms with Crippen molar-refractivity contribution in [2.45, 2.75) is 12.8 Å². The topological polar surface area (TPSA) is 23.5 Å². The summed E-state index contributed by atoms with van der Waals surface area (Å²) >= 11 is 0. The van der Waals surface area contributed by atoms with Crippen molar-refractivity contribution in [3.8, 4) is 0 Å². The summed E-state index contributed by atoms with van der Waals surface area (Å²) in [4.78, 5) is 2.36. The predicted octanol–water partition coefficient (Wildman–Crippen LogP) is 0.567. The summed E-state index contributed by atoms with van der Waals surface area (Å²) in [5.74, 6) is 0. The lowest BCUT2D eigenvalue weighted by Crippen LogP contribution is -2.10. The first-order valence-corrected chi connectivity index (χ1v) is 3.03. The summed E-state index contributed by atoms with van der Waals surface area (Å²) in [6.07, 6.45) is 2.83. The molecule has 0 unspecified atom stereocenters. The Kier molecular flexibility index (Phi) is 5.01. The van der Waals surface area contributed by atoms with Gasteiger partial charge in [-0.25, -0.2) is 0 Å². The van der Waals surface area contributed by atoms with Crippen molar-refractivity contribution in [1.82, 2.24) is 4.90 Å². The third-order valence-electron chi connectivity index (χ3n) is 1.33. The highest BCUT2D eigenvalue weighted by Crippen LogP contribution is 2.01. The Morgan fingerprint density at radius 2 is 1.62 bits per heavy atom. The van der Waals surface area contributed by atoms with E-state index in [9.17, 15) is 0 Å². The molecular weight excluding hydrogens is 102 g/mol. The smallest absolute Gasteiger partial charge is 0.0319 e. The fraction of sp³-hybridized carbons (Fsp3) is 1.00. The number of likely N-dealkylation sites (tertiary alicyclic amines) is 1. The lowest BCUT2D eigenvalue weighted by molar-refractivity contribution is 0.399. The summed E-state index contributed by atoms with van der Waals surface area (Å²) in [5.41, 5.74) is 0. The van der Waals surface area contributed by atoms with Gasteiger partial charge in [-0.1, -0.05) is 0 Å². The zero-order chi connectivity index (χ0) is 6.41. The molecule has 2 nitrogen and oxygen atoms in total. The lowest BCUT2D eigenvalue weighted by Gasteiger charge is -2.01. The Balaban J connectivity index is 0. The summed E-state index contributed by atoms with van der Waals surface area (Å²) in [6, 6.07) is 0. The SMILES string of the molecule is CN1CCCC1.CO.[HH]. The molecule has 0 aromatic rings. The van der Waals surface area contributed by atoms with Gasteiger partial charge in [0.05, 0.1) is 0 Å². The average Bonchev–Trinajstić information content (AvgIpc) is 2.24. The Labute approximate surface area is 52.6 Å². The van der Waals surface area contributed by atoms with E-state index in [0.717, 1.165) is 7.11 Å². The van der Waals surface area contributed by atoms with Gasteiger partial charge >= 0.3 is 0 Å². The van der Waals surface area contributed by atoms with E-state index in [1.807, 2.05) is 0 Å². The summed E-state index contributed by atoms with van der Waals surface area (Å²) in [5, 5.41) is 7.00. The molecule has 1 saturated heterocycles. The molecule has 0 aromatic heterocycles. The zero-order valence-electron chi connectivity index (χ0n) is 5.72. The van der Waals surface area contributed by atoms with Crippen molar-refractivity contribution >= 4 is 0 Å². The highest BCUT2D eigenvalue weighted by molar-refractivity contribution is 4.59. The molecule has 0 radical (unpaired) electrons. The first-order chi connectivity index (χ1) is 3.89. The van der Waals surface area contributed by atoms with E-state index in [1.54, 1.807) is 0 Å². The molecule has 1 N–H and O–H groups in total. The van der Waals surface area contributed by atoms with E-state index in [4.69, 9.17) is 5.11 Å². The standard InChI is InChI=1S/C5H11N.CH4O.H2/c1-6-4-2-3-5-6;1-2;/h2-5H2,1H3;2H,1H3;1H. The van der Waals surface area contributed by atoms with Gasteiger partial charge in [0.2, 0.25) is 0 Å². The second-order valence-electron chi connectivity index (χ2n) is 2.01.